The number of carbonyl (C=O) groups is 1. The first-order chi connectivity index (χ1) is 9.61. The fourth-order valence-electron chi connectivity index (χ4n) is 1.64. The lowest BCUT2D eigenvalue weighted by molar-refractivity contribution is 0.0473. The third kappa shape index (κ3) is 2.84. The van der Waals surface area contributed by atoms with Gasteiger partial charge < -0.3 is 16.2 Å². The zero-order valence-corrected chi connectivity index (χ0v) is 10.5. The number of nitriles is 1. The highest BCUT2D eigenvalue weighted by Gasteiger charge is 2.12. The summed E-state index contributed by atoms with van der Waals surface area (Å²) in [4.78, 5) is 15.8. The molecule has 0 aliphatic rings. The topological polar surface area (TPSA) is 115 Å². The molecule has 0 aliphatic carbocycles. The Morgan fingerprint density at radius 2 is 2.15 bits per heavy atom. The summed E-state index contributed by atoms with van der Waals surface area (Å²) in [6.07, 6.45) is 1.50. The Kier molecular flexibility index (Phi) is 3.82. The number of nitrogens with zero attached hydrogens (tertiary/aromatic N) is 2. The lowest BCUT2D eigenvalue weighted by Gasteiger charge is -2.08. The molecule has 1 aromatic carbocycles. The molecule has 4 N–H and O–H groups in total. The molecule has 0 fully saturated rings. The number of esters is 1. The number of aromatic nitrogens is 1. The number of carbonyl (C=O) groups excluding carboxylic acids is 1. The molecule has 6 nitrogen and oxygen atoms in total. The van der Waals surface area contributed by atoms with Gasteiger partial charge in [0.1, 0.15) is 18.4 Å². The second kappa shape index (κ2) is 5.71. The summed E-state index contributed by atoms with van der Waals surface area (Å²) < 4.78 is 5.13. The molecule has 20 heavy (non-hydrogen) atoms. The van der Waals surface area contributed by atoms with Crippen LogP contribution in [0.4, 0.5) is 11.4 Å². The highest BCUT2D eigenvalue weighted by atomic mass is 16.5. The SMILES string of the molecule is N#Cc1ncccc1COC(=O)c1ccc(N)cc1N. The van der Waals surface area contributed by atoms with Crippen LogP contribution in [0.15, 0.2) is 36.5 Å². The van der Waals surface area contributed by atoms with Gasteiger partial charge in [-0.25, -0.2) is 9.78 Å². The van der Waals surface area contributed by atoms with Crippen molar-refractivity contribution in [3.05, 3.63) is 53.3 Å². The van der Waals surface area contributed by atoms with Crippen LogP contribution in [0, 0.1) is 11.3 Å². The van der Waals surface area contributed by atoms with E-state index < -0.39 is 5.97 Å². The Hall–Kier alpha value is -3.07. The molecule has 0 amide bonds. The minimum Gasteiger partial charge on any atom is -0.457 e. The molecule has 0 atom stereocenters. The lowest BCUT2D eigenvalue weighted by atomic mass is 10.1. The second-order valence-corrected chi connectivity index (χ2v) is 4.05. The fourth-order valence-corrected chi connectivity index (χ4v) is 1.64. The average molecular weight is 268 g/mol. The van der Waals surface area contributed by atoms with Crippen LogP contribution in [-0.4, -0.2) is 11.0 Å². The molecule has 2 rings (SSSR count). The van der Waals surface area contributed by atoms with E-state index in [1.54, 1.807) is 18.2 Å². The van der Waals surface area contributed by atoms with E-state index in [0.29, 0.717) is 11.3 Å². The lowest BCUT2D eigenvalue weighted by Crippen LogP contribution is -2.09. The molecule has 100 valence electrons. The minimum absolute atomic E-state index is 0.0423. The van der Waals surface area contributed by atoms with Crippen molar-refractivity contribution < 1.29 is 9.53 Å². The molecule has 0 saturated heterocycles. The van der Waals surface area contributed by atoms with Gasteiger partial charge in [0.2, 0.25) is 0 Å². The Balaban J connectivity index is 2.11. The van der Waals surface area contributed by atoms with Crippen molar-refractivity contribution in [1.29, 1.82) is 5.26 Å². The van der Waals surface area contributed by atoms with Crippen molar-refractivity contribution >= 4 is 17.3 Å². The van der Waals surface area contributed by atoms with Crippen molar-refractivity contribution in [1.82, 2.24) is 4.98 Å². The Bertz CT molecular complexity index is 692. The molecule has 1 heterocycles. The van der Waals surface area contributed by atoms with Gasteiger partial charge in [-0.1, -0.05) is 6.07 Å². The van der Waals surface area contributed by atoms with Gasteiger partial charge >= 0.3 is 5.97 Å². The van der Waals surface area contributed by atoms with Crippen LogP contribution in [0.2, 0.25) is 0 Å². The standard InChI is InChI=1S/C14H12N4O2/c15-7-13-9(2-1-5-18-13)8-20-14(19)11-4-3-10(16)6-12(11)17/h1-6H,8,16-17H2. The van der Waals surface area contributed by atoms with Gasteiger partial charge in [0.05, 0.1) is 5.56 Å². The number of nitrogen functional groups attached to an aromatic ring is 2. The average Bonchev–Trinajstić information content (AvgIpc) is 2.45. The van der Waals surface area contributed by atoms with Crippen molar-refractivity contribution in [3.8, 4) is 6.07 Å². The van der Waals surface area contributed by atoms with Crippen LogP contribution in [0.25, 0.3) is 0 Å². The zero-order chi connectivity index (χ0) is 14.5. The van der Waals surface area contributed by atoms with Crippen LogP contribution < -0.4 is 11.5 Å². The summed E-state index contributed by atoms with van der Waals surface area (Å²) in [5, 5.41) is 8.89. The number of hydrogen-bond donors (Lipinski definition) is 2. The predicted molar refractivity (Wildman–Crippen MR) is 73.3 cm³/mol. The number of anilines is 2. The third-order valence-corrected chi connectivity index (χ3v) is 2.65. The first kappa shape index (κ1) is 13.4. The van der Waals surface area contributed by atoms with Crippen molar-refractivity contribution in [3.63, 3.8) is 0 Å². The van der Waals surface area contributed by atoms with E-state index in [1.165, 1.54) is 18.3 Å². The quantitative estimate of drug-likeness (QED) is 0.643. The van der Waals surface area contributed by atoms with E-state index in [-0.39, 0.29) is 23.6 Å². The van der Waals surface area contributed by atoms with Gasteiger partial charge in [-0.15, -0.1) is 0 Å². The molecule has 0 radical (unpaired) electrons. The van der Waals surface area contributed by atoms with Crippen molar-refractivity contribution in [2.75, 3.05) is 11.5 Å². The molecule has 6 heteroatoms. The predicted octanol–water partition coefficient (Wildman–Crippen LogP) is 1.47. The third-order valence-electron chi connectivity index (χ3n) is 2.65. The monoisotopic (exact) mass is 268 g/mol. The van der Waals surface area contributed by atoms with Crippen molar-refractivity contribution in [2.45, 2.75) is 6.61 Å². The highest BCUT2D eigenvalue weighted by molar-refractivity contribution is 5.95. The Morgan fingerprint density at radius 1 is 1.35 bits per heavy atom. The Labute approximate surface area is 115 Å². The summed E-state index contributed by atoms with van der Waals surface area (Å²) >= 11 is 0. The van der Waals surface area contributed by atoms with E-state index in [4.69, 9.17) is 21.5 Å². The summed E-state index contributed by atoms with van der Waals surface area (Å²) in [7, 11) is 0. The number of hydrogen-bond acceptors (Lipinski definition) is 6. The molecule has 0 aliphatic heterocycles. The van der Waals surface area contributed by atoms with Gasteiger partial charge in [-0.3, -0.25) is 0 Å². The van der Waals surface area contributed by atoms with Crippen LogP contribution in [0.5, 0.6) is 0 Å². The number of nitrogens with two attached hydrogens (primary N) is 2. The highest BCUT2D eigenvalue weighted by Crippen LogP contribution is 2.17. The molecule has 1 aromatic heterocycles. The van der Waals surface area contributed by atoms with E-state index in [0.717, 1.165) is 0 Å². The summed E-state index contributed by atoms with van der Waals surface area (Å²) in [6.45, 7) is -0.0423. The smallest absolute Gasteiger partial charge is 0.340 e. The molecule has 2 aromatic rings. The van der Waals surface area contributed by atoms with Gasteiger partial charge in [0.25, 0.3) is 0 Å². The van der Waals surface area contributed by atoms with E-state index in [1.807, 2.05) is 6.07 Å². The maximum Gasteiger partial charge on any atom is 0.340 e. The Morgan fingerprint density at radius 3 is 2.85 bits per heavy atom. The molecular weight excluding hydrogens is 256 g/mol. The van der Waals surface area contributed by atoms with E-state index in [9.17, 15) is 4.79 Å². The van der Waals surface area contributed by atoms with Gasteiger partial charge in [0, 0.05) is 23.1 Å². The van der Waals surface area contributed by atoms with Crippen LogP contribution in [0.3, 0.4) is 0 Å². The van der Waals surface area contributed by atoms with E-state index >= 15 is 0 Å². The zero-order valence-electron chi connectivity index (χ0n) is 10.5. The van der Waals surface area contributed by atoms with Crippen LogP contribution >= 0.6 is 0 Å². The van der Waals surface area contributed by atoms with Gasteiger partial charge in [-0.05, 0) is 24.3 Å². The summed E-state index contributed by atoms with van der Waals surface area (Å²) in [6, 6.07) is 9.83. The van der Waals surface area contributed by atoms with Crippen molar-refractivity contribution in [2.24, 2.45) is 0 Å². The van der Waals surface area contributed by atoms with Crippen LogP contribution in [-0.2, 0) is 11.3 Å². The fraction of sp³-hybridized carbons (Fsp3) is 0.0714. The number of rotatable bonds is 3. The first-order valence-electron chi connectivity index (χ1n) is 5.78. The largest absolute Gasteiger partial charge is 0.457 e. The van der Waals surface area contributed by atoms with Gasteiger partial charge in [0.15, 0.2) is 0 Å². The number of pyridine rings is 1. The molecule has 0 bridgehead atoms. The number of benzene rings is 1. The maximum absolute atomic E-state index is 11.9. The molecule has 0 unspecified atom stereocenters. The maximum atomic E-state index is 11.9. The first-order valence-corrected chi connectivity index (χ1v) is 5.78. The normalized spacial score (nSPS) is 9.75. The molecule has 0 spiro atoms. The van der Waals surface area contributed by atoms with E-state index in [2.05, 4.69) is 4.98 Å². The molecule has 0 saturated carbocycles. The van der Waals surface area contributed by atoms with Gasteiger partial charge in [-0.2, -0.15) is 5.26 Å². The second-order valence-electron chi connectivity index (χ2n) is 4.05. The number of ether oxygens (including phenoxy) is 1. The van der Waals surface area contributed by atoms with Crippen LogP contribution in [0.1, 0.15) is 21.6 Å². The summed E-state index contributed by atoms with van der Waals surface area (Å²) in [5.41, 5.74) is 13.0. The summed E-state index contributed by atoms with van der Waals surface area (Å²) in [5.74, 6) is -0.574. The molecular formula is C14H12N4O2. The minimum atomic E-state index is -0.574.